The van der Waals surface area contributed by atoms with Crippen molar-refractivity contribution in [3.05, 3.63) is 71.8 Å². The third-order valence-corrected chi connectivity index (χ3v) is 3.40. The van der Waals surface area contributed by atoms with E-state index in [9.17, 15) is 9.18 Å². The summed E-state index contributed by atoms with van der Waals surface area (Å²) in [6.07, 6.45) is 7.54. The topological polar surface area (TPSA) is 33.2 Å². The van der Waals surface area contributed by atoms with Gasteiger partial charge in [-0.3, -0.25) is 9.78 Å². The molecule has 2 aromatic rings. The van der Waals surface area contributed by atoms with Gasteiger partial charge in [0, 0.05) is 31.6 Å². The van der Waals surface area contributed by atoms with E-state index in [1.807, 2.05) is 19.1 Å². The third kappa shape index (κ3) is 4.81. The van der Waals surface area contributed by atoms with Crippen molar-refractivity contribution in [2.75, 3.05) is 13.1 Å². The van der Waals surface area contributed by atoms with Crippen molar-refractivity contribution in [2.45, 2.75) is 13.3 Å². The molecular weight excluding hydrogens is 279 g/mol. The Bertz CT molecular complexity index is 623. The fourth-order valence-corrected chi connectivity index (χ4v) is 2.08. The largest absolute Gasteiger partial charge is 0.339 e. The molecule has 0 aliphatic carbocycles. The molecule has 0 fully saturated rings. The summed E-state index contributed by atoms with van der Waals surface area (Å²) in [5, 5.41) is 0. The first-order chi connectivity index (χ1) is 10.7. The van der Waals surface area contributed by atoms with Gasteiger partial charge >= 0.3 is 0 Å². The van der Waals surface area contributed by atoms with Crippen molar-refractivity contribution < 1.29 is 9.18 Å². The molecule has 114 valence electrons. The zero-order valence-corrected chi connectivity index (χ0v) is 12.6. The number of aromatic nitrogens is 1. The van der Waals surface area contributed by atoms with Crippen molar-refractivity contribution in [2.24, 2.45) is 0 Å². The summed E-state index contributed by atoms with van der Waals surface area (Å²) in [6, 6.07) is 9.95. The summed E-state index contributed by atoms with van der Waals surface area (Å²) < 4.78 is 12.8. The van der Waals surface area contributed by atoms with E-state index in [4.69, 9.17) is 0 Å². The number of benzene rings is 1. The number of pyridine rings is 1. The highest BCUT2D eigenvalue weighted by Gasteiger charge is 2.08. The van der Waals surface area contributed by atoms with E-state index in [2.05, 4.69) is 4.98 Å². The molecule has 0 aliphatic rings. The molecule has 1 amide bonds. The van der Waals surface area contributed by atoms with Gasteiger partial charge in [-0.1, -0.05) is 12.1 Å². The zero-order chi connectivity index (χ0) is 15.8. The summed E-state index contributed by atoms with van der Waals surface area (Å²) in [6.45, 7) is 3.26. The van der Waals surface area contributed by atoms with E-state index in [0.29, 0.717) is 13.1 Å². The molecule has 0 N–H and O–H groups in total. The van der Waals surface area contributed by atoms with Crippen LogP contribution in [0, 0.1) is 5.82 Å². The van der Waals surface area contributed by atoms with Gasteiger partial charge in [-0.25, -0.2) is 4.39 Å². The predicted molar refractivity (Wildman–Crippen MR) is 85.6 cm³/mol. The Labute approximate surface area is 130 Å². The molecule has 1 aromatic carbocycles. The molecule has 0 atom stereocenters. The Hall–Kier alpha value is -2.49. The van der Waals surface area contributed by atoms with Crippen LogP contribution in [0.3, 0.4) is 0 Å². The second kappa shape index (κ2) is 8.08. The van der Waals surface area contributed by atoms with Gasteiger partial charge in [0.1, 0.15) is 5.82 Å². The van der Waals surface area contributed by atoms with Gasteiger partial charge in [-0.15, -0.1) is 0 Å². The summed E-state index contributed by atoms with van der Waals surface area (Å²) in [7, 11) is 0. The zero-order valence-electron chi connectivity index (χ0n) is 12.6. The minimum atomic E-state index is -0.281. The molecule has 0 spiro atoms. The number of halogens is 1. The number of carbonyl (C=O) groups is 1. The maximum atomic E-state index is 12.8. The van der Waals surface area contributed by atoms with Crippen LogP contribution < -0.4 is 0 Å². The lowest BCUT2D eigenvalue weighted by Crippen LogP contribution is -2.31. The number of rotatable bonds is 6. The van der Waals surface area contributed by atoms with E-state index in [1.165, 1.54) is 18.2 Å². The van der Waals surface area contributed by atoms with E-state index < -0.39 is 0 Å². The van der Waals surface area contributed by atoms with Gasteiger partial charge < -0.3 is 4.90 Å². The van der Waals surface area contributed by atoms with Crippen LogP contribution in [-0.2, 0) is 11.2 Å². The quantitative estimate of drug-likeness (QED) is 0.766. The van der Waals surface area contributed by atoms with Crippen molar-refractivity contribution in [1.82, 2.24) is 9.88 Å². The average Bonchev–Trinajstić information content (AvgIpc) is 2.56. The summed E-state index contributed by atoms with van der Waals surface area (Å²) in [5.41, 5.74) is 1.96. The number of carbonyl (C=O) groups excluding carboxylic acids is 1. The molecular formula is C18H19FN2O. The lowest BCUT2D eigenvalue weighted by molar-refractivity contribution is -0.125. The first-order valence-corrected chi connectivity index (χ1v) is 7.30. The molecule has 0 saturated heterocycles. The fraction of sp³-hybridized carbons (Fsp3) is 0.222. The van der Waals surface area contributed by atoms with Crippen LogP contribution in [0.1, 0.15) is 18.1 Å². The van der Waals surface area contributed by atoms with E-state index in [-0.39, 0.29) is 11.7 Å². The van der Waals surface area contributed by atoms with E-state index in [1.54, 1.807) is 35.5 Å². The average molecular weight is 298 g/mol. The second-order valence-electron chi connectivity index (χ2n) is 4.91. The molecule has 0 aliphatic heterocycles. The third-order valence-electron chi connectivity index (χ3n) is 3.40. The van der Waals surface area contributed by atoms with Gasteiger partial charge in [0.05, 0.1) is 0 Å². The standard InChI is InChI=1S/C18H19FN2O/c1-2-21(14-11-16-9-12-20-13-10-16)18(22)8-5-15-3-6-17(19)7-4-15/h3-10,12-13H,2,11,14H2,1H3/b8-5+. The highest BCUT2D eigenvalue weighted by molar-refractivity contribution is 5.91. The van der Waals surface area contributed by atoms with Crippen LogP contribution in [-0.4, -0.2) is 28.9 Å². The predicted octanol–water partition coefficient (Wildman–Crippen LogP) is 3.33. The maximum Gasteiger partial charge on any atom is 0.246 e. The number of amides is 1. The fourth-order valence-electron chi connectivity index (χ4n) is 2.08. The SMILES string of the molecule is CCN(CCc1ccncc1)C(=O)/C=C/c1ccc(F)cc1. The minimum Gasteiger partial charge on any atom is -0.339 e. The molecule has 0 bridgehead atoms. The van der Waals surface area contributed by atoms with Gasteiger partial charge in [0.15, 0.2) is 0 Å². The van der Waals surface area contributed by atoms with Gasteiger partial charge in [-0.2, -0.15) is 0 Å². The first kappa shape index (κ1) is 15.9. The van der Waals surface area contributed by atoms with Crippen LogP contribution >= 0.6 is 0 Å². The van der Waals surface area contributed by atoms with Crippen molar-refractivity contribution in [3.63, 3.8) is 0 Å². The number of hydrogen-bond donors (Lipinski definition) is 0. The molecule has 1 aromatic heterocycles. The molecule has 0 radical (unpaired) electrons. The monoisotopic (exact) mass is 298 g/mol. The normalized spacial score (nSPS) is 10.8. The van der Waals surface area contributed by atoms with Crippen molar-refractivity contribution >= 4 is 12.0 Å². The number of hydrogen-bond acceptors (Lipinski definition) is 2. The Morgan fingerprint density at radius 1 is 1.18 bits per heavy atom. The van der Waals surface area contributed by atoms with E-state index >= 15 is 0 Å². The van der Waals surface area contributed by atoms with Crippen molar-refractivity contribution in [1.29, 1.82) is 0 Å². The lowest BCUT2D eigenvalue weighted by atomic mass is 10.2. The molecule has 22 heavy (non-hydrogen) atoms. The summed E-state index contributed by atoms with van der Waals surface area (Å²) in [5.74, 6) is -0.322. The van der Waals surface area contributed by atoms with Crippen molar-refractivity contribution in [3.8, 4) is 0 Å². The van der Waals surface area contributed by atoms with E-state index in [0.717, 1.165) is 17.5 Å². The Morgan fingerprint density at radius 3 is 2.50 bits per heavy atom. The molecule has 0 unspecified atom stereocenters. The molecule has 3 nitrogen and oxygen atoms in total. The number of likely N-dealkylation sites (N-methyl/N-ethyl adjacent to an activating group) is 1. The molecule has 4 heteroatoms. The lowest BCUT2D eigenvalue weighted by Gasteiger charge is -2.19. The number of nitrogens with zero attached hydrogens (tertiary/aromatic N) is 2. The first-order valence-electron chi connectivity index (χ1n) is 7.30. The van der Waals surface area contributed by atoms with Crippen LogP contribution in [0.2, 0.25) is 0 Å². The van der Waals surface area contributed by atoms with Crippen LogP contribution in [0.5, 0.6) is 0 Å². The van der Waals surface area contributed by atoms with Crippen LogP contribution in [0.15, 0.2) is 54.9 Å². The smallest absolute Gasteiger partial charge is 0.246 e. The summed E-state index contributed by atoms with van der Waals surface area (Å²) in [4.78, 5) is 17.9. The Morgan fingerprint density at radius 2 is 1.86 bits per heavy atom. The Balaban J connectivity index is 1.92. The molecule has 2 rings (SSSR count). The van der Waals surface area contributed by atoms with Gasteiger partial charge in [0.2, 0.25) is 5.91 Å². The second-order valence-corrected chi connectivity index (χ2v) is 4.91. The maximum absolute atomic E-state index is 12.8. The summed E-state index contributed by atoms with van der Waals surface area (Å²) >= 11 is 0. The van der Waals surface area contributed by atoms with Crippen LogP contribution in [0.4, 0.5) is 4.39 Å². The van der Waals surface area contributed by atoms with Gasteiger partial charge in [-0.05, 0) is 54.8 Å². The highest BCUT2D eigenvalue weighted by atomic mass is 19.1. The van der Waals surface area contributed by atoms with Crippen LogP contribution in [0.25, 0.3) is 6.08 Å². The Kier molecular flexibility index (Phi) is 5.83. The molecule has 1 heterocycles. The minimum absolute atomic E-state index is 0.0409. The van der Waals surface area contributed by atoms with Gasteiger partial charge in [0.25, 0.3) is 0 Å². The highest BCUT2D eigenvalue weighted by Crippen LogP contribution is 2.06. The molecule has 0 saturated carbocycles.